The second-order valence-electron chi connectivity index (χ2n) is 4.46. The summed E-state index contributed by atoms with van der Waals surface area (Å²) in [5.41, 5.74) is 5.15. The molecule has 0 aliphatic carbocycles. The van der Waals surface area contributed by atoms with E-state index in [1.807, 2.05) is 27.7 Å². The van der Waals surface area contributed by atoms with Gasteiger partial charge in [0.15, 0.2) is 0 Å². The lowest BCUT2D eigenvalue weighted by Crippen LogP contribution is -2.49. The number of ketones is 1. The number of carbonyl (C=O) groups is 2. The molecule has 0 heterocycles. The van der Waals surface area contributed by atoms with Crippen LogP contribution >= 0.6 is 0 Å². The summed E-state index contributed by atoms with van der Waals surface area (Å²) in [6, 6.07) is -0.664. The monoisotopic (exact) mass is 200 g/mol. The number of nitrogens with two attached hydrogens (primary N) is 1. The summed E-state index contributed by atoms with van der Waals surface area (Å²) in [7, 11) is 0. The molecule has 0 aromatic carbocycles. The van der Waals surface area contributed by atoms with Crippen LogP contribution in [0.1, 0.15) is 40.5 Å². The van der Waals surface area contributed by atoms with E-state index in [0.29, 0.717) is 6.42 Å². The SMILES string of the molecule is CCCC(N)C(=O)C(=O)NC(C)(C)C. The topological polar surface area (TPSA) is 72.2 Å². The van der Waals surface area contributed by atoms with Crippen molar-refractivity contribution in [2.24, 2.45) is 5.73 Å². The van der Waals surface area contributed by atoms with Crippen LogP contribution in [-0.4, -0.2) is 23.3 Å². The number of Topliss-reactive ketones (excluding diaryl/α,β-unsaturated/α-hetero) is 1. The van der Waals surface area contributed by atoms with Gasteiger partial charge in [0, 0.05) is 5.54 Å². The van der Waals surface area contributed by atoms with Crippen molar-refractivity contribution in [1.29, 1.82) is 0 Å². The highest BCUT2D eigenvalue weighted by Crippen LogP contribution is 2.00. The Morgan fingerprint density at radius 2 is 1.86 bits per heavy atom. The molecule has 0 aromatic rings. The highest BCUT2D eigenvalue weighted by atomic mass is 16.2. The molecule has 0 aliphatic rings. The van der Waals surface area contributed by atoms with Crippen LogP contribution in [0.25, 0.3) is 0 Å². The number of amides is 1. The van der Waals surface area contributed by atoms with Crippen molar-refractivity contribution in [1.82, 2.24) is 5.32 Å². The molecule has 0 saturated carbocycles. The quantitative estimate of drug-likeness (QED) is 0.653. The van der Waals surface area contributed by atoms with E-state index in [9.17, 15) is 9.59 Å². The number of hydrogen-bond donors (Lipinski definition) is 2. The molecule has 14 heavy (non-hydrogen) atoms. The maximum Gasteiger partial charge on any atom is 0.289 e. The summed E-state index contributed by atoms with van der Waals surface area (Å²) in [5.74, 6) is -1.11. The summed E-state index contributed by atoms with van der Waals surface area (Å²) < 4.78 is 0. The lowest BCUT2D eigenvalue weighted by molar-refractivity contribution is -0.139. The predicted molar refractivity (Wildman–Crippen MR) is 55.8 cm³/mol. The molecule has 4 heteroatoms. The van der Waals surface area contributed by atoms with Gasteiger partial charge in [-0.25, -0.2) is 0 Å². The van der Waals surface area contributed by atoms with Gasteiger partial charge in [-0.3, -0.25) is 9.59 Å². The van der Waals surface area contributed by atoms with E-state index in [1.54, 1.807) is 0 Å². The van der Waals surface area contributed by atoms with Crippen LogP contribution in [0.5, 0.6) is 0 Å². The molecule has 0 rings (SSSR count). The first-order valence-corrected chi connectivity index (χ1v) is 4.90. The van der Waals surface area contributed by atoms with Gasteiger partial charge in [-0.15, -0.1) is 0 Å². The van der Waals surface area contributed by atoms with Gasteiger partial charge >= 0.3 is 0 Å². The van der Waals surface area contributed by atoms with Crippen molar-refractivity contribution in [3.8, 4) is 0 Å². The van der Waals surface area contributed by atoms with Crippen LogP contribution in [0.4, 0.5) is 0 Å². The minimum absolute atomic E-state index is 0.390. The zero-order chi connectivity index (χ0) is 11.4. The average molecular weight is 200 g/mol. The van der Waals surface area contributed by atoms with Gasteiger partial charge in [-0.2, -0.15) is 0 Å². The van der Waals surface area contributed by atoms with Crippen molar-refractivity contribution < 1.29 is 9.59 Å². The van der Waals surface area contributed by atoms with Crippen LogP contribution in [0, 0.1) is 0 Å². The van der Waals surface area contributed by atoms with Gasteiger partial charge in [0.1, 0.15) is 0 Å². The standard InChI is InChI=1S/C10H20N2O2/c1-5-6-7(11)8(13)9(14)12-10(2,3)4/h7H,5-6,11H2,1-4H3,(H,12,14). The van der Waals surface area contributed by atoms with E-state index in [2.05, 4.69) is 5.32 Å². The van der Waals surface area contributed by atoms with Gasteiger partial charge < -0.3 is 11.1 Å². The zero-order valence-electron chi connectivity index (χ0n) is 9.39. The van der Waals surface area contributed by atoms with Gasteiger partial charge in [0.25, 0.3) is 5.91 Å². The number of nitrogens with one attached hydrogen (secondary N) is 1. The third kappa shape index (κ3) is 4.97. The number of hydrogen-bond acceptors (Lipinski definition) is 3. The maximum absolute atomic E-state index is 11.4. The molecule has 1 unspecified atom stereocenters. The zero-order valence-corrected chi connectivity index (χ0v) is 9.39. The number of rotatable bonds is 4. The highest BCUT2D eigenvalue weighted by molar-refractivity contribution is 6.38. The van der Waals surface area contributed by atoms with Gasteiger partial charge in [0.2, 0.25) is 5.78 Å². The van der Waals surface area contributed by atoms with Crippen LogP contribution in [0.2, 0.25) is 0 Å². The average Bonchev–Trinajstić information content (AvgIpc) is 2.00. The van der Waals surface area contributed by atoms with E-state index >= 15 is 0 Å². The molecular formula is C10H20N2O2. The summed E-state index contributed by atoms with van der Waals surface area (Å²) in [5, 5.41) is 2.59. The van der Waals surface area contributed by atoms with E-state index in [4.69, 9.17) is 5.73 Å². The molecule has 0 radical (unpaired) electrons. The maximum atomic E-state index is 11.4. The smallest absolute Gasteiger partial charge is 0.289 e. The highest BCUT2D eigenvalue weighted by Gasteiger charge is 2.24. The van der Waals surface area contributed by atoms with E-state index in [1.165, 1.54) is 0 Å². The first-order chi connectivity index (χ1) is 6.28. The summed E-state index contributed by atoms with van der Waals surface area (Å²) in [6.45, 7) is 7.39. The lowest BCUT2D eigenvalue weighted by atomic mass is 10.1. The van der Waals surface area contributed by atoms with Crippen molar-refractivity contribution >= 4 is 11.7 Å². The summed E-state index contributed by atoms with van der Waals surface area (Å²) in [4.78, 5) is 22.7. The normalized spacial score (nSPS) is 13.5. The fourth-order valence-corrected chi connectivity index (χ4v) is 1.01. The van der Waals surface area contributed by atoms with Crippen molar-refractivity contribution in [3.63, 3.8) is 0 Å². The Morgan fingerprint density at radius 1 is 1.36 bits per heavy atom. The first-order valence-electron chi connectivity index (χ1n) is 4.90. The van der Waals surface area contributed by atoms with Crippen LogP contribution in [0.3, 0.4) is 0 Å². The Morgan fingerprint density at radius 3 is 2.21 bits per heavy atom. The van der Waals surface area contributed by atoms with Crippen LogP contribution < -0.4 is 11.1 Å². The fraction of sp³-hybridized carbons (Fsp3) is 0.800. The minimum Gasteiger partial charge on any atom is -0.345 e. The van der Waals surface area contributed by atoms with Crippen molar-refractivity contribution in [2.45, 2.75) is 52.1 Å². The van der Waals surface area contributed by atoms with Gasteiger partial charge in [0.05, 0.1) is 6.04 Å². The Balaban J connectivity index is 4.19. The van der Waals surface area contributed by atoms with Crippen LogP contribution in [0.15, 0.2) is 0 Å². The van der Waals surface area contributed by atoms with Crippen LogP contribution in [-0.2, 0) is 9.59 Å². The first kappa shape index (κ1) is 13.1. The fourth-order valence-electron chi connectivity index (χ4n) is 1.01. The lowest BCUT2D eigenvalue weighted by Gasteiger charge is -2.20. The van der Waals surface area contributed by atoms with E-state index < -0.39 is 23.3 Å². The van der Waals surface area contributed by atoms with Crippen molar-refractivity contribution in [2.75, 3.05) is 0 Å². The molecule has 1 amide bonds. The van der Waals surface area contributed by atoms with E-state index in [0.717, 1.165) is 6.42 Å². The largest absolute Gasteiger partial charge is 0.345 e. The van der Waals surface area contributed by atoms with E-state index in [-0.39, 0.29) is 0 Å². The molecule has 4 nitrogen and oxygen atoms in total. The predicted octanol–water partition coefficient (Wildman–Crippen LogP) is 0.598. The Bertz CT molecular complexity index is 219. The molecule has 0 aromatic heterocycles. The molecule has 0 fully saturated rings. The van der Waals surface area contributed by atoms with Gasteiger partial charge in [-0.05, 0) is 27.2 Å². The molecule has 82 valence electrons. The minimum atomic E-state index is -0.664. The summed E-state index contributed by atoms with van der Waals surface area (Å²) >= 11 is 0. The second-order valence-corrected chi connectivity index (χ2v) is 4.46. The summed E-state index contributed by atoms with van der Waals surface area (Å²) in [6.07, 6.45) is 1.35. The third-order valence-corrected chi connectivity index (χ3v) is 1.65. The molecule has 3 N–H and O–H groups in total. The molecule has 0 aliphatic heterocycles. The van der Waals surface area contributed by atoms with Crippen molar-refractivity contribution in [3.05, 3.63) is 0 Å². The van der Waals surface area contributed by atoms with Gasteiger partial charge in [-0.1, -0.05) is 13.3 Å². The number of carbonyl (C=O) groups excluding carboxylic acids is 2. The molecule has 0 saturated heterocycles. The Kier molecular flexibility index (Phi) is 4.77. The molecule has 0 spiro atoms. The third-order valence-electron chi connectivity index (χ3n) is 1.65. The molecule has 1 atom stereocenters. The molecular weight excluding hydrogens is 180 g/mol. The molecule has 0 bridgehead atoms. The Labute approximate surface area is 85.2 Å². The Hall–Kier alpha value is -0.900. The second kappa shape index (κ2) is 5.10.